The number of rotatable bonds is 5. The molecule has 2 rings (SSSR count). The Kier molecular flexibility index (Phi) is 8.41. The molecule has 0 saturated heterocycles. The highest BCUT2D eigenvalue weighted by molar-refractivity contribution is 5.17. The highest BCUT2D eigenvalue weighted by Crippen LogP contribution is 2.16. The molecule has 114 valence electrons. The van der Waals surface area contributed by atoms with E-state index in [9.17, 15) is 5.11 Å². The maximum absolute atomic E-state index is 9.52. The molecule has 0 radical (unpaired) electrons. The summed E-state index contributed by atoms with van der Waals surface area (Å²) in [6.45, 7) is 3.87. The van der Waals surface area contributed by atoms with E-state index in [2.05, 4.69) is 6.92 Å². The molecular weight excluding hydrogens is 260 g/mol. The molecule has 0 aliphatic carbocycles. The first-order chi connectivity index (χ1) is 10.1. The van der Waals surface area contributed by atoms with Gasteiger partial charge in [0.2, 0.25) is 0 Å². The molecule has 0 amide bonds. The summed E-state index contributed by atoms with van der Waals surface area (Å²) in [5.41, 5.74) is 2.21. The molecule has 2 unspecified atom stereocenters. The average molecular weight is 286 g/mol. The maximum Gasteiger partial charge on any atom is 0.0790 e. The summed E-state index contributed by atoms with van der Waals surface area (Å²) in [4.78, 5) is 0. The SMILES string of the molecule is CC(O)Cc1ccccc1.CCCC(O)c1ccccc1. The van der Waals surface area contributed by atoms with Crippen molar-refractivity contribution >= 4 is 0 Å². The predicted octanol–water partition coefficient (Wildman–Crippen LogP) is 4.13. The van der Waals surface area contributed by atoms with E-state index in [1.807, 2.05) is 60.7 Å². The first-order valence-corrected chi connectivity index (χ1v) is 7.58. The summed E-state index contributed by atoms with van der Waals surface area (Å²) in [6.07, 6.45) is 2.12. The fourth-order valence-electron chi connectivity index (χ4n) is 2.07. The van der Waals surface area contributed by atoms with Crippen LogP contribution in [0.5, 0.6) is 0 Å². The van der Waals surface area contributed by atoms with Crippen LogP contribution in [0.3, 0.4) is 0 Å². The van der Waals surface area contributed by atoms with Crippen molar-refractivity contribution in [2.45, 2.75) is 45.3 Å². The van der Waals surface area contributed by atoms with E-state index < -0.39 is 0 Å². The smallest absolute Gasteiger partial charge is 0.0790 e. The minimum Gasteiger partial charge on any atom is -0.393 e. The van der Waals surface area contributed by atoms with Crippen molar-refractivity contribution in [3.8, 4) is 0 Å². The van der Waals surface area contributed by atoms with Crippen molar-refractivity contribution in [3.63, 3.8) is 0 Å². The van der Waals surface area contributed by atoms with Gasteiger partial charge < -0.3 is 10.2 Å². The lowest BCUT2D eigenvalue weighted by Gasteiger charge is -2.07. The molecule has 2 aromatic rings. The summed E-state index contributed by atoms with van der Waals surface area (Å²) in [6, 6.07) is 19.8. The third kappa shape index (κ3) is 7.64. The third-order valence-electron chi connectivity index (χ3n) is 3.12. The van der Waals surface area contributed by atoms with Gasteiger partial charge in [0.25, 0.3) is 0 Å². The Labute approximate surface area is 128 Å². The first-order valence-electron chi connectivity index (χ1n) is 7.58. The van der Waals surface area contributed by atoms with Crippen molar-refractivity contribution in [1.82, 2.24) is 0 Å². The Morgan fingerprint density at radius 3 is 1.86 bits per heavy atom. The van der Waals surface area contributed by atoms with Crippen molar-refractivity contribution in [1.29, 1.82) is 0 Å². The second-order valence-electron chi connectivity index (χ2n) is 5.25. The average Bonchev–Trinajstić information content (AvgIpc) is 2.49. The van der Waals surface area contributed by atoms with Crippen LogP contribution in [0.4, 0.5) is 0 Å². The molecule has 2 heteroatoms. The molecule has 2 atom stereocenters. The van der Waals surface area contributed by atoms with Gasteiger partial charge in [0.1, 0.15) is 0 Å². The Bertz CT molecular complexity index is 465. The molecule has 2 N–H and O–H groups in total. The topological polar surface area (TPSA) is 40.5 Å². The summed E-state index contributed by atoms with van der Waals surface area (Å²) >= 11 is 0. The number of aliphatic hydroxyl groups excluding tert-OH is 2. The predicted molar refractivity (Wildman–Crippen MR) is 88.1 cm³/mol. The van der Waals surface area contributed by atoms with Crippen molar-refractivity contribution in [3.05, 3.63) is 71.8 Å². The molecule has 0 heterocycles. The summed E-state index contributed by atoms with van der Waals surface area (Å²) in [5.74, 6) is 0. The lowest BCUT2D eigenvalue weighted by molar-refractivity contribution is 0.166. The molecule has 0 aromatic heterocycles. The Balaban J connectivity index is 0.000000211. The minimum atomic E-state index is -0.277. The van der Waals surface area contributed by atoms with E-state index in [4.69, 9.17) is 5.11 Å². The molecular formula is C19H26O2. The van der Waals surface area contributed by atoms with Gasteiger partial charge in [-0.3, -0.25) is 0 Å². The van der Waals surface area contributed by atoms with Crippen LogP contribution in [0.1, 0.15) is 43.9 Å². The van der Waals surface area contributed by atoms with Gasteiger partial charge in [-0.25, -0.2) is 0 Å². The van der Waals surface area contributed by atoms with E-state index in [1.54, 1.807) is 6.92 Å². The maximum atomic E-state index is 9.52. The summed E-state index contributed by atoms with van der Waals surface area (Å²) in [7, 11) is 0. The zero-order valence-corrected chi connectivity index (χ0v) is 12.9. The van der Waals surface area contributed by atoms with Gasteiger partial charge in [0.05, 0.1) is 12.2 Å². The molecule has 2 nitrogen and oxygen atoms in total. The Hall–Kier alpha value is -1.64. The second-order valence-corrected chi connectivity index (χ2v) is 5.25. The fourth-order valence-corrected chi connectivity index (χ4v) is 2.07. The molecule has 21 heavy (non-hydrogen) atoms. The zero-order chi connectivity index (χ0) is 15.5. The molecule has 0 saturated carbocycles. The fraction of sp³-hybridized carbons (Fsp3) is 0.368. The van der Waals surface area contributed by atoms with E-state index in [-0.39, 0.29) is 12.2 Å². The van der Waals surface area contributed by atoms with Crippen LogP contribution >= 0.6 is 0 Å². The standard InChI is InChI=1S/C10H14O.C9H12O/c1-2-6-10(11)9-7-4-3-5-8-9;1-8(10)7-9-5-3-2-4-6-9/h3-5,7-8,10-11H,2,6H2,1H3;2-6,8,10H,7H2,1H3. The normalized spacial score (nSPS) is 13.0. The molecule has 0 aliphatic heterocycles. The van der Waals surface area contributed by atoms with Crippen molar-refractivity contribution < 1.29 is 10.2 Å². The van der Waals surface area contributed by atoms with Crippen LogP contribution in [-0.2, 0) is 6.42 Å². The van der Waals surface area contributed by atoms with Gasteiger partial charge in [-0.05, 0) is 30.9 Å². The Morgan fingerprint density at radius 1 is 0.857 bits per heavy atom. The quantitative estimate of drug-likeness (QED) is 0.867. The van der Waals surface area contributed by atoms with Crippen LogP contribution in [0, 0.1) is 0 Å². The van der Waals surface area contributed by atoms with Crippen molar-refractivity contribution in [2.24, 2.45) is 0 Å². The molecule has 2 aromatic carbocycles. The third-order valence-corrected chi connectivity index (χ3v) is 3.12. The van der Waals surface area contributed by atoms with Gasteiger partial charge in [-0.2, -0.15) is 0 Å². The van der Waals surface area contributed by atoms with Gasteiger partial charge >= 0.3 is 0 Å². The van der Waals surface area contributed by atoms with E-state index in [0.29, 0.717) is 0 Å². The van der Waals surface area contributed by atoms with Crippen molar-refractivity contribution in [2.75, 3.05) is 0 Å². The number of hydrogen-bond acceptors (Lipinski definition) is 2. The lowest BCUT2D eigenvalue weighted by Crippen LogP contribution is -2.03. The van der Waals surface area contributed by atoms with E-state index in [0.717, 1.165) is 24.8 Å². The van der Waals surface area contributed by atoms with Gasteiger partial charge in [0.15, 0.2) is 0 Å². The van der Waals surface area contributed by atoms with Crippen LogP contribution in [0.2, 0.25) is 0 Å². The van der Waals surface area contributed by atoms with E-state index >= 15 is 0 Å². The summed E-state index contributed by atoms with van der Waals surface area (Å²) in [5, 5.41) is 18.5. The number of aliphatic hydroxyl groups is 2. The largest absolute Gasteiger partial charge is 0.393 e. The van der Waals surface area contributed by atoms with Crippen LogP contribution < -0.4 is 0 Å². The van der Waals surface area contributed by atoms with Crippen LogP contribution in [-0.4, -0.2) is 16.3 Å². The monoisotopic (exact) mass is 286 g/mol. The lowest BCUT2D eigenvalue weighted by atomic mass is 10.1. The van der Waals surface area contributed by atoms with Gasteiger partial charge in [0, 0.05) is 0 Å². The van der Waals surface area contributed by atoms with Gasteiger partial charge in [-0.15, -0.1) is 0 Å². The number of benzene rings is 2. The molecule has 0 aliphatic rings. The molecule has 0 fully saturated rings. The molecule has 0 spiro atoms. The highest BCUT2D eigenvalue weighted by atomic mass is 16.3. The summed E-state index contributed by atoms with van der Waals surface area (Å²) < 4.78 is 0. The molecule has 0 bridgehead atoms. The second kappa shape index (κ2) is 10.1. The highest BCUT2D eigenvalue weighted by Gasteiger charge is 2.03. The van der Waals surface area contributed by atoms with Gasteiger partial charge in [-0.1, -0.05) is 74.0 Å². The van der Waals surface area contributed by atoms with Crippen LogP contribution in [0.25, 0.3) is 0 Å². The Morgan fingerprint density at radius 2 is 1.38 bits per heavy atom. The van der Waals surface area contributed by atoms with Crippen LogP contribution in [0.15, 0.2) is 60.7 Å². The van der Waals surface area contributed by atoms with E-state index in [1.165, 1.54) is 5.56 Å². The first kappa shape index (κ1) is 17.4. The minimum absolute atomic E-state index is 0.234. The zero-order valence-electron chi connectivity index (χ0n) is 12.9. The number of hydrogen-bond donors (Lipinski definition) is 2.